The fourth-order valence-electron chi connectivity index (χ4n) is 3.48. The van der Waals surface area contributed by atoms with Crippen molar-refractivity contribution in [3.05, 3.63) is 35.6 Å². The van der Waals surface area contributed by atoms with E-state index in [4.69, 9.17) is 0 Å². The van der Waals surface area contributed by atoms with Gasteiger partial charge in [0.25, 0.3) is 0 Å². The van der Waals surface area contributed by atoms with Gasteiger partial charge in [-0.15, -0.1) is 0 Å². The molecule has 1 amide bonds. The van der Waals surface area contributed by atoms with Crippen LogP contribution in [0.25, 0.3) is 0 Å². The van der Waals surface area contributed by atoms with Gasteiger partial charge in [-0.05, 0) is 29.5 Å². The normalized spacial score (nSPS) is 17.9. The Balaban J connectivity index is 1.89. The Kier molecular flexibility index (Phi) is 8.21. The van der Waals surface area contributed by atoms with Gasteiger partial charge in [0.15, 0.2) is 0 Å². The summed E-state index contributed by atoms with van der Waals surface area (Å²) in [6.45, 7) is 6.31. The van der Waals surface area contributed by atoms with Gasteiger partial charge in [-0.3, -0.25) is 14.6 Å². The van der Waals surface area contributed by atoms with Crippen LogP contribution >= 0.6 is 0 Å². The Hall–Kier alpha value is -1.74. The van der Waals surface area contributed by atoms with Crippen molar-refractivity contribution in [1.29, 1.82) is 0 Å². The van der Waals surface area contributed by atoms with Crippen molar-refractivity contribution in [3.8, 4) is 0 Å². The van der Waals surface area contributed by atoms with E-state index < -0.39 is 18.9 Å². The van der Waals surface area contributed by atoms with Gasteiger partial charge in [0.1, 0.15) is 5.82 Å². The summed E-state index contributed by atoms with van der Waals surface area (Å²) in [5, 5.41) is 2.99. The molecular weight excluding hydrogens is 405 g/mol. The summed E-state index contributed by atoms with van der Waals surface area (Å²) in [4.78, 5) is 15.7. The highest BCUT2D eigenvalue weighted by Gasteiger charge is 2.42. The van der Waals surface area contributed by atoms with E-state index in [1.165, 1.54) is 17.0 Å². The van der Waals surface area contributed by atoms with E-state index in [1.54, 1.807) is 12.1 Å². The number of alkyl halides is 4. The van der Waals surface area contributed by atoms with Gasteiger partial charge < -0.3 is 5.32 Å². The topological polar surface area (TPSA) is 35.6 Å². The third-order valence-electron chi connectivity index (χ3n) is 5.01. The van der Waals surface area contributed by atoms with Crippen LogP contribution in [-0.4, -0.2) is 67.3 Å². The fourth-order valence-corrected chi connectivity index (χ4v) is 3.48. The molecule has 0 bridgehead atoms. The monoisotopic (exact) mass is 435 g/mol. The number of halogens is 5. The number of carbonyl (C=O) groups excluding carboxylic acids is 1. The van der Waals surface area contributed by atoms with E-state index in [1.807, 2.05) is 25.7 Å². The fraction of sp³-hybridized carbons (Fsp3) is 0.667. The van der Waals surface area contributed by atoms with Crippen LogP contribution in [0.4, 0.5) is 22.0 Å². The van der Waals surface area contributed by atoms with Gasteiger partial charge in [0.2, 0.25) is 5.91 Å². The van der Waals surface area contributed by atoms with Gasteiger partial charge >= 0.3 is 12.3 Å². The van der Waals surface area contributed by atoms with Gasteiger partial charge in [-0.25, -0.2) is 13.2 Å². The first kappa shape index (κ1) is 24.5. The average Bonchev–Trinajstić information content (AvgIpc) is 2.62. The Morgan fingerprint density at radius 2 is 1.57 bits per heavy atom. The molecule has 1 unspecified atom stereocenters. The van der Waals surface area contributed by atoms with Crippen molar-refractivity contribution in [2.45, 2.75) is 45.6 Å². The summed E-state index contributed by atoms with van der Waals surface area (Å²) in [5.74, 6) is -4.61. The molecule has 0 aromatic heterocycles. The van der Waals surface area contributed by atoms with Crippen LogP contribution in [0.15, 0.2) is 24.3 Å². The molecule has 0 saturated carbocycles. The summed E-state index contributed by atoms with van der Waals surface area (Å²) in [6, 6.07) is 5.71. The van der Waals surface area contributed by atoms with Crippen molar-refractivity contribution < 1.29 is 26.7 Å². The standard InChI is InChI=1S/C21H30F5N3O/c1-20(2,3)12-17(15-4-6-16(22)7-5-15)27-18(30)13-28-8-10-29(11-9-28)14-21(25,26)19(23)24/h4-7,17,19H,8-14H2,1-3H3,(H,27,30). The highest BCUT2D eigenvalue weighted by atomic mass is 19.3. The molecule has 1 aliphatic heterocycles. The zero-order valence-corrected chi connectivity index (χ0v) is 17.6. The minimum atomic E-state index is -4.03. The molecule has 170 valence electrons. The number of benzene rings is 1. The maximum Gasteiger partial charge on any atom is 0.319 e. The second kappa shape index (κ2) is 10.0. The molecule has 1 atom stereocenters. The maximum atomic E-state index is 13.3. The summed E-state index contributed by atoms with van der Waals surface area (Å²) in [5.41, 5.74) is 0.729. The summed E-state index contributed by atoms with van der Waals surface area (Å²) < 4.78 is 64.4. The van der Waals surface area contributed by atoms with Crippen molar-refractivity contribution in [2.24, 2.45) is 5.41 Å². The van der Waals surface area contributed by atoms with Crippen LogP contribution in [0.2, 0.25) is 0 Å². The number of hydrogen-bond donors (Lipinski definition) is 1. The summed E-state index contributed by atoms with van der Waals surface area (Å²) in [6.07, 6.45) is -3.03. The van der Waals surface area contributed by atoms with Crippen molar-refractivity contribution in [1.82, 2.24) is 15.1 Å². The first-order valence-corrected chi connectivity index (χ1v) is 10.0. The molecule has 1 aromatic rings. The maximum absolute atomic E-state index is 13.3. The Morgan fingerprint density at radius 3 is 2.07 bits per heavy atom. The Bertz CT molecular complexity index is 683. The number of nitrogens with one attached hydrogen (secondary N) is 1. The second-order valence-electron chi connectivity index (χ2n) is 9.05. The third kappa shape index (κ3) is 7.83. The van der Waals surface area contributed by atoms with E-state index in [-0.39, 0.29) is 42.8 Å². The molecule has 0 aliphatic carbocycles. The summed E-state index contributed by atoms with van der Waals surface area (Å²) >= 11 is 0. The van der Waals surface area contributed by atoms with Crippen LogP contribution in [-0.2, 0) is 4.79 Å². The van der Waals surface area contributed by atoms with Crippen molar-refractivity contribution in [3.63, 3.8) is 0 Å². The van der Waals surface area contributed by atoms with Gasteiger partial charge in [-0.2, -0.15) is 8.78 Å². The number of rotatable bonds is 8. The predicted molar refractivity (Wildman–Crippen MR) is 105 cm³/mol. The van der Waals surface area contributed by atoms with Crippen LogP contribution in [0.3, 0.4) is 0 Å². The number of carbonyl (C=O) groups is 1. The molecule has 30 heavy (non-hydrogen) atoms. The minimum Gasteiger partial charge on any atom is -0.348 e. The highest BCUT2D eigenvalue weighted by Crippen LogP contribution is 2.29. The van der Waals surface area contributed by atoms with Crippen LogP contribution in [0.5, 0.6) is 0 Å². The Labute approximate surface area is 174 Å². The lowest BCUT2D eigenvalue weighted by Crippen LogP contribution is -2.53. The van der Waals surface area contributed by atoms with Gasteiger partial charge in [-0.1, -0.05) is 32.9 Å². The highest BCUT2D eigenvalue weighted by molar-refractivity contribution is 5.78. The molecule has 1 aliphatic rings. The number of nitrogens with zero attached hydrogens (tertiary/aromatic N) is 2. The van der Waals surface area contributed by atoms with Gasteiger partial charge in [0.05, 0.1) is 19.1 Å². The molecule has 1 N–H and O–H groups in total. The zero-order valence-electron chi connectivity index (χ0n) is 17.6. The first-order valence-electron chi connectivity index (χ1n) is 10.0. The lowest BCUT2D eigenvalue weighted by Gasteiger charge is -2.36. The molecule has 1 heterocycles. The van der Waals surface area contributed by atoms with Crippen LogP contribution in [0.1, 0.15) is 38.8 Å². The average molecular weight is 435 g/mol. The molecule has 2 rings (SSSR count). The van der Waals surface area contributed by atoms with Crippen LogP contribution in [0, 0.1) is 11.2 Å². The second-order valence-corrected chi connectivity index (χ2v) is 9.05. The SMILES string of the molecule is CC(C)(C)CC(NC(=O)CN1CCN(CC(F)(F)C(F)F)CC1)c1ccc(F)cc1. The molecular formula is C21H30F5N3O. The van der Waals surface area contributed by atoms with Crippen LogP contribution < -0.4 is 5.32 Å². The molecule has 4 nitrogen and oxygen atoms in total. The number of piperazine rings is 1. The quantitative estimate of drug-likeness (QED) is 0.629. The summed E-state index contributed by atoms with van der Waals surface area (Å²) in [7, 11) is 0. The molecule has 9 heteroatoms. The van der Waals surface area contributed by atoms with E-state index in [0.717, 1.165) is 5.56 Å². The molecule has 1 aromatic carbocycles. The minimum absolute atomic E-state index is 0.0755. The van der Waals surface area contributed by atoms with E-state index in [0.29, 0.717) is 19.5 Å². The lowest BCUT2D eigenvalue weighted by molar-refractivity contribution is -0.145. The van der Waals surface area contributed by atoms with E-state index >= 15 is 0 Å². The Morgan fingerprint density at radius 1 is 1.03 bits per heavy atom. The predicted octanol–water partition coefficient (Wildman–Crippen LogP) is 3.94. The lowest BCUT2D eigenvalue weighted by atomic mass is 9.85. The molecule has 0 spiro atoms. The molecule has 0 radical (unpaired) electrons. The smallest absolute Gasteiger partial charge is 0.319 e. The molecule has 1 saturated heterocycles. The third-order valence-corrected chi connectivity index (χ3v) is 5.01. The molecule has 1 fully saturated rings. The van der Waals surface area contributed by atoms with E-state index in [2.05, 4.69) is 5.32 Å². The zero-order chi connectivity index (χ0) is 22.5. The van der Waals surface area contributed by atoms with Crippen molar-refractivity contribution >= 4 is 5.91 Å². The first-order chi connectivity index (χ1) is 13.9. The van der Waals surface area contributed by atoms with Gasteiger partial charge in [0, 0.05) is 26.2 Å². The largest absolute Gasteiger partial charge is 0.348 e. The van der Waals surface area contributed by atoms with Crippen molar-refractivity contribution in [2.75, 3.05) is 39.3 Å². The number of amides is 1. The number of hydrogen-bond acceptors (Lipinski definition) is 3. The van der Waals surface area contributed by atoms with E-state index in [9.17, 15) is 26.7 Å².